The fourth-order valence-electron chi connectivity index (χ4n) is 1.70. The van der Waals surface area contributed by atoms with E-state index in [1.807, 2.05) is 0 Å². The van der Waals surface area contributed by atoms with Gasteiger partial charge in [-0.1, -0.05) is 12.8 Å². The van der Waals surface area contributed by atoms with E-state index >= 15 is 0 Å². The molecule has 0 aromatic heterocycles. The van der Waals surface area contributed by atoms with Crippen molar-refractivity contribution in [3.8, 4) is 0 Å². The van der Waals surface area contributed by atoms with Crippen molar-refractivity contribution < 1.29 is 8.42 Å². The summed E-state index contributed by atoms with van der Waals surface area (Å²) in [4.78, 5) is 0. The largest absolute Gasteiger partial charge is 0.314 e. The summed E-state index contributed by atoms with van der Waals surface area (Å²) in [5.41, 5.74) is 0. The molecule has 0 bridgehead atoms. The second-order valence-corrected chi connectivity index (χ2v) is 6.78. The second kappa shape index (κ2) is 6.57. The summed E-state index contributed by atoms with van der Waals surface area (Å²) in [7, 11) is -3.01. The number of nitrogens with one attached hydrogen (secondary N) is 2. The first kappa shape index (κ1) is 13.9. The molecule has 0 aromatic carbocycles. The highest BCUT2D eigenvalue weighted by atomic mass is 32.2. The van der Waals surface area contributed by atoms with Crippen LogP contribution in [0, 0.1) is 5.92 Å². The minimum atomic E-state index is -3.01. The van der Waals surface area contributed by atoms with Gasteiger partial charge in [0.15, 0.2) is 0 Å². The third-order valence-electron chi connectivity index (χ3n) is 2.93. The van der Waals surface area contributed by atoms with E-state index in [4.69, 9.17) is 0 Å². The summed E-state index contributed by atoms with van der Waals surface area (Å²) in [6, 6.07) is 0.565. The van der Waals surface area contributed by atoms with Gasteiger partial charge in [-0.25, -0.2) is 13.1 Å². The highest BCUT2D eigenvalue weighted by Gasteiger charge is 2.22. The first-order valence-electron chi connectivity index (χ1n) is 6.24. The Balaban J connectivity index is 1.94. The standard InChI is InChI=1S/C11H24N2O2S/c1-3-16(14,15)13-8-4-7-12-10(2)9-11-5-6-11/h10-13H,3-9H2,1-2H3. The zero-order valence-corrected chi connectivity index (χ0v) is 11.1. The van der Waals surface area contributed by atoms with Crippen LogP contribution in [0.5, 0.6) is 0 Å². The minimum absolute atomic E-state index is 0.165. The van der Waals surface area contributed by atoms with Gasteiger partial charge in [-0.3, -0.25) is 0 Å². The van der Waals surface area contributed by atoms with Gasteiger partial charge in [0.25, 0.3) is 0 Å². The van der Waals surface area contributed by atoms with E-state index in [9.17, 15) is 8.42 Å². The lowest BCUT2D eigenvalue weighted by molar-refractivity contribution is 0.481. The van der Waals surface area contributed by atoms with Crippen molar-refractivity contribution in [2.45, 2.75) is 45.6 Å². The number of rotatable bonds is 9. The Bertz CT molecular complexity index is 286. The summed E-state index contributed by atoms with van der Waals surface area (Å²) >= 11 is 0. The normalized spacial score (nSPS) is 18.6. The molecule has 0 aromatic rings. The molecule has 0 radical (unpaired) electrons. The van der Waals surface area contributed by atoms with E-state index < -0.39 is 10.0 Å². The van der Waals surface area contributed by atoms with Crippen LogP contribution in [0.3, 0.4) is 0 Å². The molecule has 96 valence electrons. The molecule has 16 heavy (non-hydrogen) atoms. The molecule has 1 saturated carbocycles. The van der Waals surface area contributed by atoms with Crippen molar-refractivity contribution >= 4 is 10.0 Å². The van der Waals surface area contributed by atoms with Gasteiger partial charge in [0.05, 0.1) is 5.75 Å². The average Bonchev–Trinajstić information content (AvgIpc) is 3.01. The SMILES string of the molecule is CCS(=O)(=O)NCCCNC(C)CC1CC1. The van der Waals surface area contributed by atoms with Crippen molar-refractivity contribution in [1.29, 1.82) is 0 Å². The molecule has 1 aliphatic carbocycles. The Labute approximate surface area is 99.2 Å². The van der Waals surface area contributed by atoms with Crippen LogP contribution in [0.15, 0.2) is 0 Å². The molecular weight excluding hydrogens is 224 g/mol. The van der Waals surface area contributed by atoms with Gasteiger partial charge in [-0.2, -0.15) is 0 Å². The minimum Gasteiger partial charge on any atom is -0.314 e. The average molecular weight is 248 g/mol. The summed E-state index contributed by atoms with van der Waals surface area (Å²) in [6.45, 7) is 5.28. The third kappa shape index (κ3) is 6.45. The summed E-state index contributed by atoms with van der Waals surface area (Å²) < 4.78 is 24.8. The summed E-state index contributed by atoms with van der Waals surface area (Å²) in [5, 5.41) is 3.42. The van der Waals surface area contributed by atoms with Crippen LogP contribution >= 0.6 is 0 Å². The Morgan fingerprint density at radius 3 is 2.56 bits per heavy atom. The Kier molecular flexibility index (Phi) is 5.72. The molecule has 0 spiro atoms. The molecule has 4 nitrogen and oxygen atoms in total. The molecule has 0 saturated heterocycles. The highest BCUT2D eigenvalue weighted by Crippen LogP contribution is 2.33. The monoisotopic (exact) mass is 248 g/mol. The zero-order valence-electron chi connectivity index (χ0n) is 10.3. The van der Waals surface area contributed by atoms with Crippen LogP contribution in [0.25, 0.3) is 0 Å². The van der Waals surface area contributed by atoms with Crippen LogP contribution < -0.4 is 10.0 Å². The topological polar surface area (TPSA) is 58.2 Å². The Morgan fingerprint density at radius 1 is 1.31 bits per heavy atom. The molecule has 1 aliphatic rings. The maximum atomic E-state index is 11.1. The van der Waals surface area contributed by atoms with E-state index in [1.54, 1.807) is 6.92 Å². The van der Waals surface area contributed by atoms with Crippen molar-refractivity contribution in [3.05, 3.63) is 0 Å². The van der Waals surface area contributed by atoms with E-state index in [0.717, 1.165) is 18.9 Å². The Morgan fingerprint density at radius 2 is 2.00 bits per heavy atom. The predicted octanol–water partition coefficient (Wildman–Crippen LogP) is 1.09. The molecule has 1 unspecified atom stereocenters. The molecular formula is C11H24N2O2S. The third-order valence-corrected chi connectivity index (χ3v) is 4.34. The molecule has 1 atom stereocenters. The molecule has 1 fully saturated rings. The van der Waals surface area contributed by atoms with Crippen molar-refractivity contribution in [2.24, 2.45) is 5.92 Å². The maximum Gasteiger partial charge on any atom is 0.211 e. The molecule has 0 aliphatic heterocycles. The van der Waals surface area contributed by atoms with Gasteiger partial charge in [-0.05, 0) is 39.2 Å². The summed E-state index contributed by atoms with van der Waals surface area (Å²) in [6.07, 6.45) is 4.90. The van der Waals surface area contributed by atoms with Crippen LogP contribution in [-0.2, 0) is 10.0 Å². The van der Waals surface area contributed by atoms with Crippen LogP contribution in [0.4, 0.5) is 0 Å². The van der Waals surface area contributed by atoms with E-state index in [-0.39, 0.29) is 5.75 Å². The summed E-state index contributed by atoms with van der Waals surface area (Å²) in [5.74, 6) is 1.11. The van der Waals surface area contributed by atoms with E-state index in [2.05, 4.69) is 17.0 Å². The van der Waals surface area contributed by atoms with Gasteiger partial charge in [0, 0.05) is 12.6 Å². The van der Waals surface area contributed by atoms with Gasteiger partial charge < -0.3 is 5.32 Å². The number of hydrogen-bond acceptors (Lipinski definition) is 3. The maximum absolute atomic E-state index is 11.1. The molecule has 1 rings (SSSR count). The number of hydrogen-bond donors (Lipinski definition) is 2. The zero-order chi connectivity index (χ0) is 12.0. The van der Waals surface area contributed by atoms with E-state index in [1.165, 1.54) is 19.3 Å². The molecule has 5 heteroatoms. The first-order chi connectivity index (χ1) is 7.53. The lowest BCUT2D eigenvalue weighted by Gasteiger charge is -2.13. The predicted molar refractivity (Wildman–Crippen MR) is 66.9 cm³/mol. The number of sulfonamides is 1. The van der Waals surface area contributed by atoms with Crippen LogP contribution in [0.1, 0.15) is 39.5 Å². The molecule has 0 amide bonds. The van der Waals surface area contributed by atoms with E-state index in [0.29, 0.717) is 12.6 Å². The Hall–Kier alpha value is -0.130. The van der Waals surface area contributed by atoms with Crippen molar-refractivity contribution in [3.63, 3.8) is 0 Å². The molecule has 2 N–H and O–H groups in total. The lowest BCUT2D eigenvalue weighted by Crippen LogP contribution is -2.31. The van der Waals surface area contributed by atoms with Crippen molar-refractivity contribution in [2.75, 3.05) is 18.8 Å². The van der Waals surface area contributed by atoms with Gasteiger partial charge in [-0.15, -0.1) is 0 Å². The van der Waals surface area contributed by atoms with Crippen molar-refractivity contribution in [1.82, 2.24) is 10.0 Å². The fourth-order valence-corrected chi connectivity index (χ4v) is 2.36. The quantitative estimate of drug-likeness (QED) is 0.601. The van der Waals surface area contributed by atoms with Gasteiger partial charge >= 0.3 is 0 Å². The van der Waals surface area contributed by atoms with Crippen LogP contribution in [-0.4, -0.2) is 33.3 Å². The molecule has 0 heterocycles. The highest BCUT2D eigenvalue weighted by molar-refractivity contribution is 7.89. The van der Waals surface area contributed by atoms with Gasteiger partial charge in [0.1, 0.15) is 0 Å². The lowest BCUT2D eigenvalue weighted by atomic mass is 10.1. The van der Waals surface area contributed by atoms with Gasteiger partial charge in [0.2, 0.25) is 10.0 Å². The second-order valence-electron chi connectivity index (χ2n) is 4.69. The smallest absolute Gasteiger partial charge is 0.211 e. The first-order valence-corrected chi connectivity index (χ1v) is 7.89. The fraction of sp³-hybridized carbons (Fsp3) is 1.00. The van der Waals surface area contributed by atoms with Crippen LogP contribution in [0.2, 0.25) is 0 Å².